The highest BCUT2D eigenvalue weighted by molar-refractivity contribution is 5.76. The van der Waals surface area contributed by atoms with E-state index in [0.717, 1.165) is 57.8 Å². The third kappa shape index (κ3) is 36.0. The summed E-state index contributed by atoms with van der Waals surface area (Å²) in [6.07, 6.45) is 42.9. The minimum Gasteiger partial charge on any atom is -0.466 e. The van der Waals surface area contributed by atoms with Crippen molar-refractivity contribution in [3.05, 3.63) is 24.3 Å². The molecular weight excluding hydrogens is 610 g/mol. The molecule has 0 heterocycles. The molecule has 3 N–H and O–H groups in total. The highest BCUT2D eigenvalue weighted by atomic mass is 16.5. The van der Waals surface area contributed by atoms with Crippen LogP contribution in [-0.4, -0.2) is 47.4 Å². The number of hydrogen-bond acceptors (Lipinski definition) is 5. The molecule has 2 unspecified atom stereocenters. The summed E-state index contributed by atoms with van der Waals surface area (Å²) in [7, 11) is 0. The van der Waals surface area contributed by atoms with Crippen molar-refractivity contribution in [3.8, 4) is 0 Å². The van der Waals surface area contributed by atoms with E-state index in [9.17, 15) is 19.8 Å². The van der Waals surface area contributed by atoms with Gasteiger partial charge < -0.3 is 20.3 Å². The van der Waals surface area contributed by atoms with Gasteiger partial charge >= 0.3 is 5.97 Å². The molecule has 2 atom stereocenters. The van der Waals surface area contributed by atoms with Gasteiger partial charge in [0.25, 0.3) is 0 Å². The summed E-state index contributed by atoms with van der Waals surface area (Å²) in [6.45, 7) is 4.77. The molecule has 0 aromatic rings. The van der Waals surface area contributed by atoms with Crippen LogP contribution in [0, 0.1) is 0 Å². The topological polar surface area (TPSA) is 95.9 Å². The number of hydrogen-bond donors (Lipinski definition) is 3. The summed E-state index contributed by atoms with van der Waals surface area (Å²) >= 11 is 0. The zero-order chi connectivity index (χ0) is 35.9. The van der Waals surface area contributed by atoms with Crippen LogP contribution in [0.4, 0.5) is 0 Å². The third-order valence-electron chi connectivity index (χ3n) is 9.47. The summed E-state index contributed by atoms with van der Waals surface area (Å²) in [6, 6.07) is -0.642. The number of aliphatic hydroxyl groups excluding tert-OH is 2. The lowest BCUT2D eigenvalue weighted by Gasteiger charge is -2.20. The van der Waals surface area contributed by atoms with Gasteiger partial charge in [0.1, 0.15) is 0 Å². The van der Waals surface area contributed by atoms with Gasteiger partial charge in [0.2, 0.25) is 5.91 Å². The van der Waals surface area contributed by atoms with Crippen molar-refractivity contribution in [2.45, 2.75) is 225 Å². The molecule has 0 aliphatic heterocycles. The van der Waals surface area contributed by atoms with Crippen LogP contribution in [0.1, 0.15) is 213 Å². The zero-order valence-electron chi connectivity index (χ0n) is 32.4. The Labute approximate surface area is 303 Å². The highest BCUT2D eigenvalue weighted by Gasteiger charge is 2.18. The summed E-state index contributed by atoms with van der Waals surface area (Å²) < 4.78 is 5.41. The van der Waals surface area contributed by atoms with Crippen LogP contribution in [0.2, 0.25) is 0 Å². The number of carbonyl (C=O) groups excluding carboxylic acids is 2. The third-order valence-corrected chi connectivity index (χ3v) is 9.47. The van der Waals surface area contributed by atoms with Crippen molar-refractivity contribution < 1.29 is 24.5 Å². The summed E-state index contributed by atoms with van der Waals surface area (Å²) in [5, 5.41) is 22.9. The van der Waals surface area contributed by atoms with E-state index < -0.39 is 12.1 Å². The van der Waals surface area contributed by atoms with Crippen LogP contribution in [-0.2, 0) is 14.3 Å². The summed E-state index contributed by atoms with van der Waals surface area (Å²) in [5.41, 5.74) is 0. The van der Waals surface area contributed by atoms with Crippen LogP contribution in [0.5, 0.6) is 0 Å². The van der Waals surface area contributed by atoms with E-state index in [1.807, 2.05) is 6.08 Å². The molecule has 0 aromatic carbocycles. The molecule has 0 fully saturated rings. The van der Waals surface area contributed by atoms with Crippen molar-refractivity contribution >= 4 is 11.9 Å². The predicted octanol–water partition coefficient (Wildman–Crippen LogP) is 11.6. The first-order valence-corrected chi connectivity index (χ1v) is 21.1. The van der Waals surface area contributed by atoms with Crippen molar-refractivity contribution in [3.63, 3.8) is 0 Å². The van der Waals surface area contributed by atoms with E-state index in [1.165, 1.54) is 128 Å². The molecule has 0 bridgehead atoms. The van der Waals surface area contributed by atoms with Gasteiger partial charge in [-0.3, -0.25) is 9.59 Å². The maximum atomic E-state index is 12.3. The van der Waals surface area contributed by atoms with Crippen LogP contribution >= 0.6 is 0 Å². The van der Waals surface area contributed by atoms with Gasteiger partial charge in [-0.1, -0.05) is 173 Å². The first-order valence-electron chi connectivity index (χ1n) is 21.1. The molecule has 0 saturated heterocycles. The van der Waals surface area contributed by atoms with Crippen molar-refractivity contribution in [1.82, 2.24) is 5.32 Å². The molecule has 0 spiro atoms. The molecule has 49 heavy (non-hydrogen) atoms. The van der Waals surface area contributed by atoms with Gasteiger partial charge in [0, 0.05) is 12.8 Å². The normalized spacial score (nSPS) is 13.0. The first kappa shape index (κ1) is 47.3. The van der Waals surface area contributed by atoms with E-state index in [4.69, 9.17) is 4.74 Å². The average Bonchev–Trinajstić information content (AvgIpc) is 3.10. The van der Waals surface area contributed by atoms with Crippen molar-refractivity contribution in [2.24, 2.45) is 0 Å². The molecule has 0 aliphatic rings. The van der Waals surface area contributed by atoms with Crippen LogP contribution in [0.25, 0.3) is 0 Å². The molecule has 6 nitrogen and oxygen atoms in total. The smallest absolute Gasteiger partial charge is 0.305 e. The number of rotatable bonds is 38. The highest BCUT2D eigenvalue weighted by Crippen LogP contribution is 2.14. The maximum Gasteiger partial charge on any atom is 0.305 e. The standard InChI is InChI=1S/C43H81NO5/c1-3-5-7-9-11-13-15-19-23-27-31-35-41(46)40(39-45)44-42(47)36-32-28-24-20-17-18-22-26-30-34-38-49-43(48)37-33-29-25-21-16-14-12-10-8-6-4-2/h10,12,31,35,40-41,45-46H,3-9,11,13-30,32-34,36-39H2,1-2H3,(H,44,47)/b12-10-,35-31+. The molecule has 288 valence electrons. The molecule has 0 rings (SSSR count). The number of carbonyl (C=O) groups is 2. The van der Waals surface area contributed by atoms with Crippen molar-refractivity contribution in [2.75, 3.05) is 13.2 Å². The molecular formula is C43H81NO5. The van der Waals surface area contributed by atoms with E-state index in [1.54, 1.807) is 6.08 Å². The van der Waals surface area contributed by atoms with Gasteiger partial charge in [-0.2, -0.15) is 0 Å². The Morgan fingerprint density at radius 2 is 0.980 bits per heavy atom. The average molecular weight is 692 g/mol. The quantitative estimate of drug-likeness (QED) is 0.0340. The van der Waals surface area contributed by atoms with E-state index in [0.29, 0.717) is 19.4 Å². The Kier molecular flexibility index (Phi) is 37.8. The van der Waals surface area contributed by atoms with Crippen LogP contribution < -0.4 is 5.32 Å². The molecule has 0 aromatic heterocycles. The number of esters is 1. The minimum atomic E-state index is -0.856. The van der Waals surface area contributed by atoms with E-state index in [-0.39, 0.29) is 18.5 Å². The Morgan fingerprint density at radius 1 is 0.551 bits per heavy atom. The number of unbranched alkanes of at least 4 members (excludes halogenated alkanes) is 25. The Bertz CT molecular complexity index is 767. The van der Waals surface area contributed by atoms with Crippen molar-refractivity contribution in [1.29, 1.82) is 0 Å². The second kappa shape index (κ2) is 39.1. The zero-order valence-corrected chi connectivity index (χ0v) is 32.4. The van der Waals surface area contributed by atoms with Crippen LogP contribution in [0.3, 0.4) is 0 Å². The van der Waals surface area contributed by atoms with Gasteiger partial charge in [-0.25, -0.2) is 0 Å². The lowest BCUT2D eigenvalue weighted by molar-refractivity contribution is -0.143. The van der Waals surface area contributed by atoms with Crippen LogP contribution in [0.15, 0.2) is 24.3 Å². The number of amides is 1. The monoisotopic (exact) mass is 692 g/mol. The molecule has 0 radical (unpaired) electrons. The summed E-state index contributed by atoms with van der Waals surface area (Å²) in [5.74, 6) is -0.127. The number of nitrogens with one attached hydrogen (secondary N) is 1. The maximum absolute atomic E-state index is 12.3. The fraction of sp³-hybridized carbons (Fsp3) is 0.860. The Morgan fingerprint density at radius 3 is 1.51 bits per heavy atom. The molecule has 0 saturated carbocycles. The fourth-order valence-electron chi connectivity index (χ4n) is 6.14. The second-order valence-electron chi connectivity index (χ2n) is 14.3. The molecule has 0 aliphatic carbocycles. The van der Waals surface area contributed by atoms with Gasteiger partial charge in [0.05, 0.1) is 25.4 Å². The van der Waals surface area contributed by atoms with Gasteiger partial charge in [-0.05, 0) is 51.4 Å². The minimum absolute atomic E-state index is 0.0332. The predicted molar refractivity (Wildman–Crippen MR) is 209 cm³/mol. The Hall–Kier alpha value is -1.66. The van der Waals surface area contributed by atoms with E-state index in [2.05, 4.69) is 31.3 Å². The number of aliphatic hydroxyl groups is 2. The molecule has 6 heteroatoms. The largest absolute Gasteiger partial charge is 0.466 e. The van der Waals surface area contributed by atoms with Gasteiger partial charge in [0.15, 0.2) is 0 Å². The van der Waals surface area contributed by atoms with E-state index >= 15 is 0 Å². The number of ether oxygens (including phenoxy) is 1. The van der Waals surface area contributed by atoms with Gasteiger partial charge in [-0.15, -0.1) is 0 Å². The number of allylic oxidation sites excluding steroid dienone is 3. The lowest BCUT2D eigenvalue weighted by atomic mass is 10.0. The Balaban J connectivity index is 3.54. The molecule has 1 amide bonds. The summed E-state index contributed by atoms with van der Waals surface area (Å²) in [4.78, 5) is 24.3. The second-order valence-corrected chi connectivity index (χ2v) is 14.3. The lowest BCUT2D eigenvalue weighted by Crippen LogP contribution is -2.45. The fourth-order valence-corrected chi connectivity index (χ4v) is 6.14. The first-order chi connectivity index (χ1) is 24.0. The SMILES string of the molecule is CCCC/C=C\CCCCCCCC(=O)OCCCCCCCCCCCCC(=O)NC(CO)C(O)/C=C/CCCCCCCCCCC.